The smallest absolute Gasteiger partial charge is 0.0765 e. The van der Waals surface area contributed by atoms with Gasteiger partial charge in [0.25, 0.3) is 0 Å². The summed E-state index contributed by atoms with van der Waals surface area (Å²) in [6.45, 7) is 4.18. The van der Waals surface area contributed by atoms with Crippen molar-refractivity contribution in [2.24, 2.45) is 0 Å². The molecule has 0 saturated heterocycles. The molecular weight excluding hydrogens is 284 g/mol. The van der Waals surface area contributed by atoms with Gasteiger partial charge in [0.15, 0.2) is 0 Å². The lowest BCUT2D eigenvalue weighted by Gasteiger charge is -2.12. The number of fused-ring (bicyclic) bond motifs is 3. The Morgan fingerprint density at radius 3 is 2.70 bits per heavy atom. The molecule has 0 saturated carbocycles. The maximum Gasteiger partial charge on any atom is 0.0765 e. The first-order chi connectivity index (χ1) is 11.2. The van der Waals surface area contributed by atoms with Gasteiger partial charge in [-0.15, -0.1) is 0 Å². The van der Waals surface area contributed by atoms with Crippen molar-refractivity contribution in [1.29, 1.82) is 0 Å². The Labute approximate surface area is 134 Å². The van der Waals surface area contributed by atoms with Crippen LogP contribution in [0.4, 0.5) is 11.4 Å². The molecule has 0 aliphatic rings. The molecule has 2 N–H and O–H groups in total. The summed E-state index contributed by atoms with van der Waals surface area (Å²) in [4.78, 5) is 4.65. The van der Waals surface area contributed by atoms with Crippen LogP contribution >= 0.6 is 0 Å². The second kappa shape index (κ2) is 5.39. The van der Waals surface area contributed by atoms with Gasteiger partial charge in [-0.2, -0.15) is 5.10 Å². The predicted molar refractivity (Wildman–Crippen MR) is 95.2 cm³/mol. The van der Waals surface area contributed by atoms with Crippen molar-refractivity contribution in [3.63, 3.8) is 0 Å². The van der Waals surface area contributed by atoms with Gasteiger partial charge in [-0.3, -0.25) is 10.1 Å². The Balaban J connectivity index is 1.88. The molecule has 4 rings (SSSR count). The normalized spacial score (nSPS) is 11.2. The Bertz CT molecular complexity index is 984. The molecule has 0 amide bonds. The van der Waals surface area contributed by atoms with Crippen LogP contribution in [-0.2, 0) is 6.42 Å². The number of nitrogens with one attached hydrogen (secondary N) is 2. The fraction of sp³-hybridized carbons (Fsp3) is 0.158. The fourth-order valence-electron chi connectivity index (χ4n) is 2.95. The maximum absolute atomic E-state index is 4.65. The van der Waals surface area contributed by atoms with Crippen molar-refractivity contribution in [3.05, 3.63) is 59.9 Å². The van der Waals surface area contributed by atoms with Gasteiger partial charge >= 0.3 is 0 Å². The third-order valence-electron chi connectivity index (χ3n) is 4.16. The maximum atomic E-state index is 4.65. The average molecular weight is 302 g/mol. The van der Waals surface area contributed by atoms with Gasteiger partial charge in [0.1, 0.15) is 0 Å². The van der Waals surface area contributed by atoms with Crippen LogP contribution in [-0.4, -0.2) is 15.2 Å². The lowest BCUT2D eigenvalue weighted by molar-refractivity contribution is 1.12. The molecule has 2 aromatic heterocycles. The molecule has 0 aliphatic heterocycles. The minimum absolute atomic E-state index is 0.967. The molecule has 2 heterocycles. The number of aromatic nitrogens is 3. The molecule has 0 spiro atoms. The number of hydrogen-bond acceptors (Lipinski definition) is 3. The zero-order valence-electron chi connectivity index (χ0n) is 13.2. The van der Waals surface area contributed by atoms with E-state index in [0.29, 0.717) is 0 Å². The van der Waals surface area contributed by atoms with Crippen LogP contribution in [0.5, 0.6) is 0 Å². The number of rotatable bonds is 3. The van der Waals surface area contributed by atoms with E-state index in [-0.39, 0.29) is 0 Å². The van der Waals surface area contributed by atoms with Crippen molar-refractivity contribution >= 4 is 33.2 Å². The van der Waals surface area contributed by atoms with Crippen LogP contribution in [0.1, 0.15) is 18.2 Å². The van der Waals surface area contributed by atoms with Crippen LogP contribution in [0, 0.1) is 6.92 Å². The molecule has 2 aromatic carbocycles. The highest BCUT2D eigenvalue weighted by atomic mass is 15.1. The SMILES string of the molecule is CCc1ccc(Nc2cc(C)nc3ccc4cn[nH]c4c23)cc1. The van der Waals surface area contributed by atoms with Gasteiger partial charge in [0.2, 0.25) is 0 Å². The molecule has 0 aliphatic carbocycles. The van der Waals surface area contributed by atoms with Gasteiger partial charge in [0.05, 0.1) is 22.9 Å². The average Bonchev–Trinajstić information content (AvgIpc) is 3.03. The Morgan fingerprint density at radius 1 is 1.09 bits per heavy atom. The highest BCUT2D eigenvalue weighted by Crippen LogP contribution is 2.31. The van der Waals surface area contributed by atoms with E-state index >= 15 is 0 Å². The molecule has 4 aromatic rings. The molecule has 4 heteroatoms. The molecule has 0 fully saturated rings. The second-order valence-corrected chi connectivity index (χ2v) is 5.78. The molecule has 0 atom stereocenters. The highest BCUT2D eigenvalue weighted by molar-refractivity contribution is 6.10. The summed E-state index contributed by atoms with van der Waals surface area (Å²) in [5.41, 5.74) is 6.43. The van der Waals surface area contributed by atoms with Gasteiger partial charge in [-0.25, -0.2) is 0 Å². The molecule has 0 bridgehead atoms. The minimum Gasteiger partial charge on any atom is -0.355 e. The van der Waals surface area contributed by atoms with Gasteiger partial charge in [-0.1, -0.05) is 19.1 Å². The minimum atomic E-state index is 0.967. The number of hydrogen-bond donors (Lipinski definition) is 2. The van der Waals surface area contributed by atoms with E-state index in [9.17, 15) is 0 Å². The Kier molecular flexibility index (Phi) is 3.23. The molecule has 4 nitrogen and oxygen atoms in total. The summed E-state index contributed by atoms with van der Waals surface area (Å²) >= 11 is 0. The number of H-pyrrole nitrogens is 1. The summed E-state index contributed by atoms with van der Waals surface area (Å²) < 4.78 is 0. The Hall–Kier alpha value is -2.88. The summed E-state index contributed by atoms with van der Waals surface area (Å²) in [6, 6.07) is 14.7. The van der Waals surface area contributed by atoms with E-state index < -0.39 is 0 Å². The van der Waals surface area contributed by atoms with Crippen molar-refractivity contribution in [2.75, 3.05) is 5.32 Å². The van der Waals surface area contributed by atoms with E-state index in [0.717, 1.165) is 45.3 Å². The van der Waals surface area contributed by atoms with Crippen LogP contribution in [0.3, 0.4) is 0 Å². The van der Waals surface area contributed by atoms with E-state index in [4.69, 9.17) is 0 Å². The quantitative estimate of drug-likeness (QED) is 0.575. The summed E-state index contributed by atoms with van der Waals surface area (Å²) in [5.74, 6) is 0. The second-order valence-electron chi connectivity index (χ2n) is 5.78. The van der Waals surface area contributed by atoms with Crippen molar-refractivity contribution in [2.45, 2.75) is 20.3 Å². The summed E-state index contributed by atoms with van der Waals surface area (Å²) in [6.07, 6.45) is 2.89. The van der Waals surface area contributed by atoms with Gasteiger partial charge in [-0.05, 0) is 49.2 Å². The van der Waals surface area contributed by atoms with Crippen LogP contribution < -0.4 is 5.32 Å². The zero-order valence-corrected chi connectivity index (χ0v) is 13.2. The zero-order chi connectivity index (χ0) is 15.8. The van der Waals surface area contributed by atoms with Crippen molar-refractivity contribution in [3.8, 4) is 0 Å². The third-order valence-corrected chi connectivity index (χ3v) is 4.16. The molecule has 0 unspecified atom stereocenters. The largest absolute Gasteiger partial charge is 0.355 e. The summed E-state index contributed by atoms with van der Waals surface area (Å²) in [7, 11) is 0. The standard InChI is InChI=1S/C19H18N4/c1-3-13-4-7-15(8-5-13)22-17-10-12(2)21-16-9-6-14-11-20-23-19(14)18(16)17/h4-11H,3H2,1-2H3,(H,20,23)(H,21,22). The number of anilines is 2. The molecule has 0 radical (unpaired) electrons. The molecule has 23 heavy (non-hydrogen) atoms. The fourth-order valence-corrected chi connectivity index (χ4v) is 2.95. The van der Waals surface area contributed by atoms with Crippen molar-refractivity contribution < 1.29 is 0 Å². The molecule has 114 valence electrons. The lowest BCUT2D eigenvalue weighted by atomic mass is 10.1. The molecular formula is C19H18N4. The first-order valence-corrected chi connectivity index (χ1v) is 7.84. The van der Waals surface area contributed by atoms with Gasteiger partial charge in [0, 0.05) is 22.2 Å². The Morgan fingerprint density at radius 2 is 1.91 bits per heavy atom. The monoisotopic (exact) mass is 302 g/mol. The number of aromatic amines is 1. The van der Waals surface area contributed by atoms with Crippen LogP contribution in [0.15, 0.2) is 48.7 Å². The van der Waals surface area contributed by atoms with E-state index in [2.05, 4.69) is 57.8 Å². The lowest BCUT2D eigenvalue weighted by Crippen LogP contribution is -1.95. The van der Waals surface area contributed by atoms with Crippen molar-refractivity contribution in [1.82, 2.24) is 15.2 Å². The van der Waals surface area contributed by atoms with E-state index in [1.54, 1.807) is 0 Å². The predicted octanol–water partition coefficient (Wildman–Crippen LogP) is 4.73. The topological polar surface area (TPSA) is 53.6 Å². The number of nitrogens with zero attached hydrogens (tertiary/aromatic N) is 2. The number of aryl methyl sites for hydroxylation is 2. The van der Waals surface area contributed by atoms with Crippen LogP contribution in [0.2, 0.25) is 0 Å². The van der Waals surface area contributed by atoms with E-state index in [1.807, 2.05) is 25.3 Å². The number of benzene rings is 2. The van der Waals surface area contributed by atoms with Crippen LogP contribution in [0.25, 0.3) is 21.8 Å². The first kappa shape index (κ1) is 13.8. The summed E-state index contributed by atoms with van der Waals surface area (Å²) in [5, 5.41) is 13.0. The van der Waals surface area contributed by atoms with E-state index in [1.165, 1.54) is 5.56 Å². The highest BCUT2D eigenvalue weighted by Gasteiger charge is 2.10. The number of pyridine rings is 1. The first-order valence-electron chi connectivity index (χ1n) is 7.84. The third kappa shape index (κ3) is 2.42. The van der Waals surface area contributed by atoms with Gasteiger partial charge < -0.3 is 5.32 Å².